The van der Waals surface area contributed by atoms with Crippen LogP contribution in [-0.4, -0.2) is 30.4 Å². The SMILES string of the molecule is CCOC(=O)c1ccc(NC(=O)C2(C(=O)NC3CCCCCC3)CC2)cc1. The molecule has 6 heteroatoms. The van der Waals surface area contributed by atoms with Gasteiger partial charge in [0.05, 0.1) is 12.2 Å². The van der Waals surface area contributed by atoms with Gasteiger partial charge in [-0.1, -0.05) is 25.7 Å². The molecular formula is C21H28N2O4. The predicted molar refractivity (Wildman–Crippen MR) is 102 cm³/mol. The fourth-order valence-electron chi connectivity index (χ4n) is 3.58. The summed E-state index contributed by atoms with van der Waals surface area (Å²) >= 11 is 0. The summed E-state index contributed by atoms with van der Waals surface area (Å²) in [4.78, 5) is 37.1. The molecule has 146 valence electrons. The zero-order valence-corrected chi connectivity index (χ0v) is 15.9. The van der Waals surface area contributed by atoms with Crippen molar-refractivity contribution in [3.8, 4) is 0 Å². The van der Waals surface area contributed by atoms with E-state index >= 15 is 0 Å². The van der Waals surface area contributed by atoms with Gasteiger partial charge in [0, 0.05) is 11.7 Å². The average molecular weight is 372 g/mol. The van der Waals surface area contributed by atoms with Gasteiger partial charge in [0.25, 0.3) is 0 Å². The second-order valence-corrected chi connectivity index (χ2v) is 7.50. The maximum atomic E-state index is 12.7. The van der Waals surface area contributed by atoms with Gasteiger partial charge in [-0.25, -0.2) is 4.79 Å². The number of carbonyl (C=O) groups is 3. The van der Waals surface area contributed by atoms with Crippen molar-refractivity contribution in [2.75, 3.05) is 11.9 Å². The number of amides is 2. The molecule has 0 spiro atoms. The number of hydrogen-bond donors (Lipinski definition) is 2. The lowest BCUT2D eigenvalue weighted by Gasteiger charge is -2.21. The molecule has 0 atom stereocenters. The largest absolute Gasteiger partial charge is 0.462 e. The molecule has 0 unspecified atom stereocenters. The first-order chi connectivity index (χ1) is 13.0. The van der Waals surface area contributed by atoms with Gasteiger partial charge >= 0.3 is 5.97 Å². The first kappa shape index (κ1) is 19.4. The Labute approximate surface area is 160 Å². The van der Waals surface area contributed by atoms with Gasteiger partial charge in [0.1, 0.15) is 5.41 Å². The molecule has 0 bridgehead atoms. The summed E-state index contributed by atoms with van der Waals surface area (Å²) in [6, 6.07) is 6.72. The lowest BCUT2D eigenvalue weighted by atomic mass is 10.0. The first-order valence-electron chi connectivity index (χ1n) is 9.95. The molecule has 0 radical (unpaired) electrons. The summed E-state index contributed by atoms with van der Waals surface area (Å²) in [6.45, 7) is 2.07. The van der Waals surface area contributed by atoms with Crippen molar-refractivity contribution in [1.29, 1.82) is 0 Å². The monoisotopic (exact) mass is 372 g/mol. The van der Waals surface area contributed by atoms with Crippen molar-refractivity contribution >= 4 is 23.5 Å². The summed E-state index contributed by atoms with van der Waals surface area (Å²) in [7, 11) is 0. The smallest absolute Gasteiger partial charge is 0.338 e. The van der Waals surface area contributed by atoms with Crippen LogP contribution in [0.4, 0.5) is 5.69 Å². The second kappa shape index (κ2) is 8.55. The number of benzene rings is 1. The number of rotatable bonds is 6. The minimum absolute atomic E-state index is 0.143. The summed E-state index contributed by atoms with van der Waals surface area (Å²) in [5, 5.41) is 5.93. The Kier molecular flexibility index (Phi) is 6.14. The van der Waals surface area contributed by atoms with Gasteiger partial charge in [-0.3, -0.25) is 9.59 Å². The molecule has 3 rings (SSSR count). The Morgan fingerprint density at radius 3 is 2.19 bits per heavy atom. The van der Waals surface area contributed by atoms with E-state index in [1.165, 1.54) is 12.8 Å². The number of nitrogens with one attached hydrogen (secondary N) is 2. The first-order valence-corrected chi connectivity index (χ1v) is 9.95. The normalized spacial score (nSPS) is 18.9. The van der Waals surface area contributed by atoms with Crippen molar-refractivity contribution in [1.82, 2.24) is 5.32 Å². The summed E-state index contributed by atoms with van der Waals surface area (Å²) in [5.41, 5.74) is 0.0650. The molecule has 0 aliphatic heterocycles. The Hall–Kier alpha value is -2.37. The van der Waals surface area contributed by atoms with E-state index in [0.717, 1.165) is 25.7 Å². The van der Waals surface area contributed by atoms with E-state index in [9.17, 15) is 14.4 Å². The highest BCUT2D eigenvalue weighted by Crippen LogP contribution is 2.47. The zero-order chi connectivity index (χ0) is 19.3. The third-order valence-electron chi connectivity index (χ3n) is 5.46. The minimum Gasteiger partial charge on any atom is -0.462 e. The highest BCUT2D eigenvalue weighted by atomic mass is 16.5. The summed E-state index contributed by atoms with van der Waals surface area (Å²) < 4.78 is 4.95. The molecule has 2 aliphatic rings. The molecule has 2 saturated carbocycles. The van der Waals surface area contributed by atoms with E-state index in [1.807, 2.05) is 0 Å². The van der Waals surface area contributed by atoms with Crippen LogP contribution in [0.5, 0.6) is 0 Å². The standard InChI is InChI=1S/C21H28N2O4/c1-2-27-18(24)15-9-11-17(12-10-15)23-20(26)21(13-14-21)19(25)22-16-7-5-3-4-6-8-16/h9-12,16H,2-8,13-14H2,1H3,(H,22,25)(H,23,26). The molecule has 2 fully saturated rings. The van der Waals surface area contributed by atoms with Crippen molar-refractivity contribution in [2.45, 2.75) is 64.3 Å². The van der Waals surface area contributed by atoms with Crippen LogP contribution in [0.1, 0.15) is 68.6 Å². The number of carbonyl (C=O) groups excluding carboxylic acids is 3. The molecule has 2 N–H and O–H groups in total. The fraction of sp³-hybridized carbons (Fsp3) is 0.571. The molecule has 6 nitrogen and oxygen atoms in total. The number of esters is 1. The molecule has 0 aromatic heterocycles. The van der Waals surface area contributed by atoms with E-state index in [0.29, 0.717) is 30.7 Å². The number of hydrogen-bond acceptors (Lipinski definition) is 4. The Morgan fingerprint density at radius 2 is 1.63 bits per heavy atom. The van der Waals surface area contributed by atoms with Crippen LogP contribution in [-0.2, 0) is 14.3 Å². The van der Waals surface area contributed by atoms with Crippen LogP contribution in [0.2, 0.25) is 0 Å². The zero-order valence-electron chi connectivity index (χ0n) is 15.9. The van der Waals surface area contributed by atoms with E-state index < -0.39 is 11.4 Å². The van der Waals surface area contributed by atoms with Crippen molar-refractivity contribution < 1.29 is 19.1 Å². The molecule has 2 aliphatic carbocycles. The van der Waals surface area contributed by atoms with E-state index in [4.69, 9.17) is 4.74 Å². The van der Waals surface area contributed by atoms with Gasteiger partial charge in [0.2, 0.25) is 11.8 Å². The van der Waals surface area contributed by atoms with Crippen LogP contribution >= 0.6 is 0 Å². The quantitative estimate of drug-likeness (QED) is 0.455. The van der Waals surface area contributed by atoms with Gasteiger partial charge in [-0.2, -0.15) is 0 Å². The van der Waals surface area contributed by atoms with E-state index in [-0.39, 0.29) is 17.9 Å². The lowest BCUT2D eigenvalue weighted by Crippen LogP contribution is -2.44. The molecule has 2 amide bonds. The van der Waals surface area contributed by atoms with Gasteiger partial charge in [0.15, 0.2) is 0 Å². The van der Waals surface area contributed by atoms with Crippen molar-refractivity contribution in [2.24, 2.45) is 5.41 Å². The number of anilines is 1. The Bertz CT molecular complexity index is 687. The molecule has 0 heterocycles. The molecule has 27 heavy (non-hydrogen) atoms. The van der Waals surface area contributed by atoms with Gasteiger partial charge in [-0.05, 0) is 56.9 Å². The van der Waals surface area contributed by atoms with Crippen LogP contribution in [0, 0.1) is 5.41 Å². The van der Waals surface area contributed by atoms with E-state index in [2.05, 4.69) is 10.6 Å². The highest BCUT2D eigenvalue weighted by molar-refractivity contribution is 6.13. The Balaban J connectivity index is 1.58. The van der Waals surface area contributed by atoms with Crippen LogP contribution in [0.3, 0.4) is 0 Å². The second-order valence-electron chi connectivity index (χ2n) is 7.50. The third kappa shape index (κ3) is 4.67. The maximum Gasteiger partial charge on any atom is 0.338 e. The van der Waals surface area contributed by atoms with Crippen LogP contribution < -0.4 is 10.6 Å². The van der Waals surface area contributed by atoms with Crippen LogP contribution in [0.25, 0.3) is 0 Å². The predicted octanol–water partition coefficient (Wildman–Crippen LogP) is 3.42. The summed E-state index contributed by atoms with van der Waals surface area (Å²) in [6.07, 6.45) is 7.88. The minimum atomic E-state index is -0.938. The average Bonchev–Trinajstić information content (AvgIpc) is 3.48. The highest BCUT2D eigenvalue weighted by Gasteiger charge is 2.56. The van der Waals surface area contributed by atoms with Gasteiger partial charge < -0.3 is 15.4 Å². The summed E-state index contributed by atoms with van der Waals surface area (Å²) in [5.74, 6) is -0.802. The molecular weight excluding hydrogens is 344 g/mol. The molecule has 1 aromatic carbocycles. The fourth-order valence-corrected chi connectivity index (χ4v) is 3.58. The lowest BCUT2D eigenvalue weighted by molar-refractivity contribution is -0.134. The van der Waals surface area contributed by atoms with Crippen molar-refractivity contribution in [3.05, 3.63) is 29.8 Å². The molecule has 1 aromatic rings. The Morgan fingerprint density at radius 1 is 1.00 bits per heavy atom. The van der Waals surface area contributed by atoms with Gasteiger partial charge in [-0.15, -0.1) is 0 Å². The molecule has 0 saturated heterocycles. The number of ether oxygens (including phenoxy) is 1. The van der Waals surface area contributed by atoms with E-state index in [1.54, 1.807) is 31.2 Å². The maximum absolute atomic E-state index is 12.7. The van der Waals surface area contributed by atoms with Crippen molar-refractivity contribution in [3.63, 3.8) is 0 Å². The van der Waals surface area contributed by atoms with Crippen LogP contribution in [0.15, 0.2) is 24.3 Å². The topological polar surface area (TPSA) is 84.5 Å². The third-order valence-corrected chi connectivity index (χ3v) is 5.46.